The van der Waals surface area contributed by atoms with Crippen molar-refractivity contribution in [2.24, 2.45) is 0 Å². The summed E-state index contributed by atoms with van der Waals surface area (Å²) >= 11 is 0. The van der Waals surface area contributed by atoms with Gasteiger partial charge in [-0.25, -0.2) is 17.2 Å². The molecule has 228 valence electrons. The van der Waals surface area contributed by atoms with Crippen LogP contribution < -0.4 is 5.32 Å². The van der Waals surface area contributed by atoms with Gasteiger partial charge in [0.05, 0.1) is 11.0 Å². The van der Waals surface area contributed by atoms with Crippen molar-refractivity contribution in [3.63, 3.8) is 0 Å². The molecule has 0 heterocycles. The van der Waals surface area contributed by atoms with Crippen molar-refractivity contribution < 1.29 is 32.2 Å². The predicted octanol–water partition coefficient (Wildman–Crippen LogP) is 5.33. The molecule has 3 aromatic carbocycles. The van der Waals surface area contributed by atoms with E-state index in [0.717, 1.165) is 35.7 Å². The Balaban J connectivity index is 1.65. The second kappa shape index (κ2) is 14.3. The number of halogens is 2. The van der Waals surface area contributed by atoms with Crippen LogP contribution >= 0.6 is 0 Å². The molecule has 0 saturated heterocycles. The number of aryl methyl sites for hydroxylation is 3. The van der Waals surface area contributed by atoms with Crippen LogP contribution in [0, 0.1) is 18.6 Å². The number of rotatable bonds is 15. The quantitative estimate of drug-likeness (QED) is 0.217. The molecular formula is C32H40F2N2O5S. The highest BCUT2D eigenvalue weighted by molar-refractivity contribution is 7.89. The monoisotopic (exact) mass is 602 g/mol. The molecule has 0 unspecified atom stereocenters. The van der Waals surface area contributed by atoms with Crippen LogP contribution in [-0.2, 0) is 27.7 Å². The molecular weight excluding hydrogens is 562 g/mol. The maximum Gasteiger partial charge on any atom is 0.303 e. The van der Waals surface area contributed by atoms with Crippen LogP contribution in [0.2, 0.25) is 0 Å². The van der Waals surface area contributed by atoms with Gasteiger partial charge in [-0.2, -0.15) is 4.31 Å². The highest BCUT2D eigenvalue weighted by Crippen LogP contribution is 2.33. The van der Waals surface area contributed by atoms with E-state index in [1.54, 1.807) is 6.92 Å². The molecule has 0 aliphatic carbocycles. The number of carbonyl (C=O) groups is 1. The van der Waals surface area contributed by atoms with E-state index in [9.17, 15) is 27.1 Å². The van der Waals surface area contributed by atoms with Crippen LogP contribution in [0.3, 0.4) is 0 Å². The first-order valence-corrected chi connectivity index (χ1v) is 15.4. The van der Waals surface area contributed by atoms with Gasteiger partial charge in [0, 0.05) is 43.7 Å². The highest BCUT2D eigenvalue weighted by Gasteiger charge is 2.26. The number of sulfonamides is 1. The standard InChI is InChI=1S/C32H40F2N2O5S/c1-22-17-27(13-14-28(22)31-24(12-15-30(38)39)18-25(33)19-29(31)34)42(40,41)36(4)21-26(37)20-35-32(2,3)16-8-11-23-9-6-5-7-10-23/h5-7,9-10,13-14,17-19,26,35,37H,8,11-12,15-16,20-21H2,1-4H3,(H,38,39)/t26-/m1/s1. The third-order valence-corrected chi connectivity index (χ3v) is 9.13. The number of carboxylic acid groups (broad SMARTS) is 1. The Hall–Kier alpha value is -3.18. The molecule has 0 radical (unpaired) electrons. The summed E-state index contributed by atoms with van der Waals surface area (Å²) in [7, 11) is -2.60. The molecule has 3 aromatic rings. The molecule has 0 spiro atoms. The number of hydrogen-bond donors (Lipinski definition) is 3. The minimum absolute atomic E-state index is 0.0396. The number of aliphatic carboxylic acids is 1. The number of aliphatic hydroxyl groups is 1. The molecule has 42 heavy (non-hydrogen) atoms. The lowest BCUT2D eigenvalue weighted by molar-refractivity contribution is -0.136. The lowest BCUT2D eigenvalue weighted by atomic mass is 9.93. The van der Waals surface area contributed by atoms with Gasteiger partial charge in [-0.3, -0.25) is 4.79 Å². The van der Waals surface area contributed by atoms with Gasteiger partial charge in [0.25, 0.3) is 0 Å². The number of likely N-dealkylation sites (N-methyl/N-ethyl adjacent to an activating group) is 1. The van der Waals surface area contributed by atoms with E-state index in [0.29, 0.717) is 11.1 Å². The topological polar surface area (TPSA) is 107 Å². The number of aliphatic hydroxyl groups excluding tert-OH is 1. The summed E-state index contributed by atoms with van der Waals surface area (Å²) in [5.74, 6) is -2.78. The van der Waals surface area contributed by atoms with Gasteiger partial charge >= 0.3 is 5.97 Å². The van der Waals surface area contributed by atoms with Gasteiger partial charge in [0.15, 0.2) is 0 Å². The molecule has 0 amide bonds. The first-order valence-electron chi connectivity index (χ1n) is 13.9. The van der Waals surface area contributed by atoms with Gasteiger partial charge < -0.3 is 15.5 Å². The van der Waals surface area contributed by atoms with Gasteiger partial charge in [0.2, 0.25) is 10.0 Å². The zero-order chi connectivity index (χ0) is 31.1. The average molecular weight is 603 g/mol. The summed E-state index contributed by atoms with van der Waals surface area (Å²) in [6.45, 7) is 5.77. The van der Waals surface area contributed by atoms with E-state index < -0.39 is 33.7 Å². The van der Waals surface area contributed by atoms with E-state index >= 15 is 0 Å². The number of nitrogens with zero attached hydrogens (tertiary/aromatic N) is 1. The van der Waals surface area contributed by atoms with Crippen molar-refractivity contribution >= 4 is 16.0 Å². The molecule has 10 heteroatoms. The Morgan fingerprint density at radius 1 is 1.05 bits per heavy atom. The molecule has 3 rings (SSSR count). The number of nitrogens with one attached hydrogen (secondary N) is 1. The van der Waals surface area contributed by atoms with E-state index in [1.807, 2.05) is 32.0 Å². The lowest BCUT2D eigenvalue weighted by Gasteiger charge is -2.29. The van der Waals surface area contributed by atoms with Gasteiger partial charge in [-0.1, -0.05) is 36.4 Å². The number of β-amino-alcohol motifs (C(OH)–C–C–N with tert-alkyl or cyclic N) is 1. The molecule has 0 aliphatic heterocycles. The summed E-state index contributed by atoms with van der Waals surface area (Å²) in [4.78, 5) is 11.0. The minimum atomic E-state index is -3.99. The van der Waals surface area contributed by atoms with Crippen LogP contribution in [-0.4, -0.2) is 60.7 Å². The molecule has 3 N–H and O–H groups in total. The van der Waals surface area contributed by atoms with Crippen molar-refractivity contribution in [2.45, 2.75) is 69.4 Å². The Kier molecular flexibility index (Phi) is 11.4. The van der Waals surface area contributed by atoms with Crippen molar-refractivity contribution in [1.82, 2.24) is 9.62 Å². The fourth-order valence-electron chi connectivity index (χ4n) is 4.95. The van der Waals surface area contributed by atoms with Crippen molar-refractivity contribution in [1.29, 1.82) is 0 Å². The number of carboxylic acids is 1. The lowest BCUT2D eigenvalue weighted by Crippen LogP contribution is -2.46. The summed E-state index contributed by atoms with van der Waals surface area (Å²) in [5.41, 5.74) is 2.01. The molecule has 0 fully saturated rings. The van der Waals surface area contributed by atoms with Gasteiger partial charge in [0.1, 0.15) is 11.6 Å². The Labute approximate surface area is 247 Å². The Morgan fingerprint density at radius 2 is 1.74 bits per heavy atom. The molecule has 7 nitrogen and oxygen atoms in total. The van der Waals surface area contributed by atoms with Crippen molar-refractivity contribution in [2.75, 3.05) is 20.1 Å². The largest absolute Gasteiger partial charge is 0.481 e. The molecule has 1 atom stereocenters. The third-order valence-electron chi connectivity index (χ3n) is 7.31. The normalized spacial score (nSPS) is 13.0. The second-order valence-electron chi connectivity index (χ2n) is 11.3. The predicted molar refractivity (Wildman–Crippen MR) is 160 cm³/mol. The third kappa shape index (κ3) is 9.16. The fourth-order valence-corrected chi connectivity index (χ4v) is 6.24. The Morgan fingerprint density at radius 3 is 2.38 bits per heavy atom. The molecule has 0 bridgehead atoms. The summed E-state index contributed by atoms with van der Waals surface area (Å²) < 4.78 is 56.5. The molecule has 0 aromatic heterocycles. The smallest absolute Gasteiger partial charge is 0.303 e. The number of benzene rings is 3. The van der Waals surface area contributed by atoms with E-state index in [2.05, 4.69) is 17.4 Å². The zero-order valence-corrected chi connectivity index (χ0v) is 25.3. The van der Waals surface area contributed by atoms with Crippen LogP contribution in [0.1, 0.15) is 49.8 Å². The summed E-state index contributed by atoms with van der Waals surface area (Å²) in [5, 5.41) is 23.0. The van der Waals surface area contributed by atoms with Gasteiger partial charge in [-0.05, 0) is 86.9 Å². The summed E-state index contributed by atoms with van der Waals surface area (Å²) in [6.07, 6.45) is 1.44. The zero-order valence-electron chi connectivity index (χ0n) is 24.5. The molecule has 0 saturated carbocycles. The fraction of sp³-hybridized carbons (Fsp3) is 0.406. The van der Waals surface area contributed by atoms with Crippen molar-refractivity contribution in [3.8, 4) is 11.1 Å². The second-order valence-corrected chi connectivity index (χ2v) is 13.4. The van der Waals surface area contributed by atoms with Gasteiger partial charge in [-0.15, -0.1) is 0 Å². The van der Waals surface area contributed by atoms with Crippen LogP contribution in [0.25, 0.3) is 11.1 Å². The van der Waals surface area contributed by atoms with Crippen molar-refractivity contribution in [3.05, 3.63) is 89.0 Å². The van der Waals surface area contributed by atoms with Crippen LogP contribution in [0.4, 0.5) is 8.78 Å². The highest BCUT2D eigenvalue weighted by atomic mass is 32.2. The van der Waals surface area contributed by atoms with E-state index in [-0.39, 0.29) is 47.5 Å². The van der Waals surface area contributed by atoms with Crippen LogP contribution in [0.5, 0.6) is 0 Å². The number of hydrogen-bond acceptors (Lipinski definition) is 5. The average Bonchev–Trinajstić information content (AvgIpc) is 2.91. The van der Waals surface area contributed by atoms with Crippen LogP contribution in [0.15, 0.2) is 65.6 Å². The van der Waals surface area contributed by atoms with E-state index in [1.165, 1.54) is 30.8 Å². The first-order chi connectivity index (χ1) is 19.7. The first kappa shape index (κ1) is 33.3. The maximum atomic E-state index is 14.9. The SMILES string of the molecule is Cc1cc(S(=O)(=O)N(C)C[C@H](O)CNC(C)(C)CCCc2ccccc2)ccc1-c1c(F)cc(F)cc1CCC(=O)O. The summed E-state index contributed by atoms with van der Waals surface area (Å²) in [6, 6.07) is 16.2. The maximum absolute atomic E-state index is 14.9. The molecule has 0 aliphatic rings. The minimum Gasteiger partial charge on any atom is -0.481 e. The van der Waals surface area contributed by atoms with E-state index in [4.69, 9.17) is 5.11 Å². The Bertz CT molecular complexity index is 1480.